The summed E-state index contributed by atoms with van der Waals surface area (Å²) in [6, 6.07) is 0. The third-order valence-corrected chi connectivity index (χ3v) is 7.88. The van der Waals surface area contributed by atoms with Gasteiger partial charge in [-0.05, 0) is 72.5 Å². The van der Waals surface area contributed by atoms with Crippen LogP contribution in [0.4, 0.5) is 0 Å². The predicted molar refractivity (Wildman–Crippen MR) is 85.3 cm³/mol. The van der Waals surface area contributed by atoms with Crippen LogP contribution in [-0.2, 0) is 0 Å². The molecule has 0 aromatic carbocycles. The van der Waals surface area contributed by atoms with Crippen LogP contribution in [-0.4, -0.2) is 0 Å². The molecule has 0 aliphatic heterocycles. The van der Waals surface area contributed by atoms with E-state index in [4.69, 9.17) is 0 Å². The van der Waals surface area contributed by atoms with Gasteiger partial charge in [-0.15, -0.1) is 0 Å². The lowest BCUT2D eigenvalue weighted by Crippen LogP contribution is -2.52. The summed E-state index contributed by atoms with van der Waals surface area (Å²) >= 11 is 0. The maximum Gasteiger partial charge on any atom is -0.00470 e. The number of hydrogen-bond acceptors (Lipinski definition) is 0. The monoisotopic (exact) mass is 270 g/mol. The van der Waals surface area contributed by atoms with Crippen molar-refractivity contribution in [2.45, 2.75) is 59.3 Å². The Labute approximate surface area is 124 Å². The number of hydrogen-bond donors (Lipinski definition) is 0. The van der Waals surface area contributed by atoms with E-state index in [9.17, 15) is 0 Å². The molecule has 0 spiro atoms. The molecule has 7 atom stereocenters. The minimum absolute atomic E-state index is 0.445. The molecule has 0 bridgehead atoms. The summed E-state index contributed by atoms with van der Waals surface area (Å²) < 4.78 is 0. The highest BCUT2D eigenvalue weighted by atomic mass is 14.6. The van der Waals surface area contributed by atoms with Crippen molar-refractivity contribution in [3.63, 3.8) is 0 Å². The number of allylic oxidation sites excluding steroid dienone is 4. The van der Waals surface area contributed by atoms with Gasteiger partial charge >= 0.3 is 0 Å². The van der Waals surface area contributed by atoms with Crippen molar-refractivity contribution >= 4 is 0 Å². The molecule has 0 radical (unpaired) electrons. The average molecular weight is 270 g/mol. The van der Waals surface area contributed by atoms with Gasteiger partial charge in [-0.25, -0.2) is 0 Å². The number of fused-ring (bicyclic) bond motifs is 5. The van der Waals surface area contributed by atoms with Crippen molar-refractivity contribution in [1.82, 2.24) is 0 Å². The predicted octanol–water partition coefficient (Wildman–Crippen LogP) is 5.61. The van der Waals surface area contributed by atoms with Gasteiger partial charge in [0.25, 0.3) is 0 Å². The Hall–Kier alpha value is -0.520. The summed E-state index contributed by atoms with van der Waals surface area (Å²) in [6.07, 6.45) is 18.7. The molecule has 0 amide bonds. The standard InChI is InChI=1S/C20H30/c1-14-13-15-17-8-6-10-19(17,2)12-9-18(15)20(3)11-5-4-7-16(14)20/h4-5,7,11,14-18H,6,8-10,12-13H2,1-3H3/t14-,15+,16-,17+,18+,19+,20+/m1/s1. The fourth-order valence-corrected chi connectivity index (χ4v) is 6.90. The molecule has 3 fully saturated rings. The third kappa shape index (κ3) is 1.60. The fourth-order valence-electron chi connectivity index (χ4n) is 6.90. The Morgan fingerprint density at radius 2 is 1.85 bits per heavy atom. The van der Waals surface area contributed by atoms with Gasteiger partial charge in [-0.2, -0.15) is 0 Å². The van der Waals surface area contributed by atoms with Crippen LogP contribution in [0.5, 0.6) is 0 Å². The molecule has 4 aliphatic rings. The highest BCUT2D eigenvalue weighted by Crippen LogP contribution is 2.65. The fraction of sp³-hybridized carbons (Fsp3) is 0.800. The first-order valence-electron chi connectivity index (χ1n) is 8.91. The maximum absolute atomic E-state index is 2.61. The molecule has 0 heteroatoms. The van der Waals surface area contributed by atoms with E-state index >= 15 is 0 Å². The molecule has 20 heavy (non-hydrogen) atoms. The van der Waals surface area contributed by atoms with E-state index in [-0.39, 0.29) is 0 Å². The van der Waals surface area contributed by atoms with Crippen molar-refractivity contribution in [1.29, 1.82) is 0 Å². The van der Waals surface area contributed by atoms with Gasteiger partial charge < -0.3 is 0 Å². The topological polar surface area (TPSA) is 0 Å². The average Bonchev–Trinajstić information content (AvgIpc) is 2.81. The quantitative estimate of drug-likeness (QED) is 0.537. The smallest absolute Gasteiger partial charge is 0.00470 e. The van der Waals surface area contributed by atoms with E-state index in [0.717, 1.165) is 29.6 Å². The van der Waals surface area contributed by atoms with Gasteiger partial charge in [0.2, 0.25) is 0 Å². The zero-order chi connectivity index (χ0) is 14.0. The first-order valence-corrected chi connectivity index (χ1v) is 8.91. The van der Waals surface area contributed by atoms with Gasteiger partial charge in [0, 0.05) is 0 Å². The second-order valence-corrected chi connectivity index (χ2v) is 8.81. The summed E-state index contributed by atoms with van der Waals surface area (Å²) in [7, 11) is 0. The zero-order valence-electron chi connectivity index (χ0n) is 13.4. The van der Waals surface area contributed by atoms with Crippen molar-refractivity contribution < 1.29 is 0 Å². The molecule has 4 rings (SSSR count). The third-order valence-electron chi connectivity index (χ3n) is 7.88. The summed E-state index contributed by atoms with van der Waals surface area (Å²) in [5.74, 6) is 4.63. The second kappa shape index (κ2) is 4.24. The Morgan fingerprint density at radius 1 is 1.00 bits per heavy atom. The van der Waals surface area contributed by atoms with Crippen molar-refractivity contribution in [2.75, 3.05) is 0 Å². The van der Waals surface area contributed by atoms with Gasteiger partial charge in [0.05, 0.1) is 0 Å². The lowest BCUT2D eigenvalue weighted by Gasteiger charge is -2.59. The maximum atomic E-state index is 2.61. The Morgan fingerprint density at radius 3 is 2.70 bits per heavy atom. The van der Waals surface area contributed by atoms with E-state index in [1.165, 1.54) is 38.5 Å². The van der Waals surface area contributed by atoms with Crippen LogP contribution in [0.15, 0.2) is 24.3 Å². The van der Waals surface area contributed by atoms with E-state index < -0.39 is 0 Å². The highest BCUT2D eigenvalue weighted by Gasteiger charge is 2.57. The van der Waals surface area contributed by atoms with Gasteiger partial charge in [-0.1, -0.05) is 51.5 Å². The van der Waals surface area contributed by atoms with Crippen LogP contribution >= 0.6 is 0 Å². The van der Waals surface area contributed by atoms with Crippen LogP contribution in [0.25, 0.3) is 0 Å². The van der Waals surface area contributed by atoms with Crippen LogP contribution in [0.1, 0.15) is 59.3 Å². The molecular weight excluding hydrogens is 240 g/mol. The van der Waals surface area contributed by atoms with Gasteiger partial charge in [-0.3, -0.25) is 0 Å². The minimum Gasteiger partial charge on any atom is -0.0803 e. The molecule has 110 valence electrons. The number of rotatable bonds is 0. The molecule has 3 saturated carbocycles. The lowest BCUT2D eigenvalue weighted by atomic mass is 9.45. The molecule has 0 saturated heterocycles. The normalized spacial score (nSPS) is 57.0. The molecule has 0 aromatic heterocycles. The first-order chi connectivity index (χ1) is 9.55. The molecular formula is C20H30. The van der Waals surface area contributed by atoms with Crippen LogP contribution in [0, 0.1) is 40.4 Å². The van der Waals surface area contributed by atoms with Crippen molar-refractivity contribution in [3.8, 4) is 0 Å². The molecule has 4 aliphatic carbocycles. The van der Waals surface area contributed by atoms with E-state index in [1.54, 1.807) is 0 Å². The summed E-state index contributed by atoms with van der Waals surface area (Å²) in [6.45, 7) is 7.70. The second-order valence-electron chi connectivity index (χ2n) is 8.81. The van der Waals surface area contributed by atoms with E-state index in [1.807, 2.05) is 0 Å². The lowest BCUT2D eigenvalue weighted by molar-refractivity contribution is -0.0743. The zero-order valence-corrected chi connectivity index (χ0v) is 13.4. The Balaban J connectivity index is 1.72. The van der Waals surface area contributed by atoms with E-state index in [2.05, 4.69) is 45.1 Å². The van der Waals surface area contributed by atoms with Crippen LogP contribution in [0.3, 0.4) is 0 Å². The summed E-state index contributed by atoms with van der Waals surface area (Å²) in [5.41, 5.74) is 1.14. The molecule has 0 N–H and O–H groups in total. The summed E-state index contributed by atoms with van der Waals surface area (Å²) in [5, 5.41) is 0. The minimum atomic E-state index is 0.445. The summed E-state index contributed by atoms with van der Waals surface area (Å²) in [4.78, 5) is 0. The molecule has 0 nitrogen and oxygen atoms in total. The van der Waals surface area contributed by atoms with Crippen molar-refractivity contribution in [3.05, 3.63) is 24.3 Å². The SMILES string of the molecule is C[C@@H]1C[C@H]2[C@@H]3CCC[C@@]3(C)CC[C@@H]2[C@@]2(C)C=CC=C[C@H]12. The first kappa shape index (κ1) is 13.2. The Bertz CT molecular complexity index is 459. The molecule has 0 aromatic rings. The van der Waals surface area contributed by atoms with Crippen LogP contribution in [0.2, 0.25) is 0 Å². The van der Waals surface area contributed by atoms with Gasteiger partial charge in [0.1, 0.15) is 0 Å². The van der Waals surface area contributed by atoms with Crippen molar-refractivity contribution in [2.24, 2.45) is 40.4 Å². The van der Waals surface area contributed by atoms with E-state index in [0.29, 0.717) is 10.8 Å². The largest absolute Gasteiger partial charge is 0.0803 e. The molecule has 0 heterocycles. The van der Waals surface area contributed by atoms with Gasteiger partial charge in [0.15, 0.2) is 0 Å². The molecule has 0 unspecified atom stereocenters. The highest BCUT2D eigenvalue weighted by molar-refractivity contribution is 5.24. The Kier molecular flexibility index (Phi) is 2.79. The van der Waals surface area contributed by atoms with Crippen LogP contribution < -0.4 is 0 Å².